The Morgan fingerprint density at radius 1 is 1.09 bits per heavy atom. The minimum absolute atomic E-state index is 0.242. The molecule has 11 heteroatoms. The molecule has 0 saturated heterocycles. The SMILES string of the molecule is Cc1cc2oc(=O)cc(CSc3nnnn3-c3c(C)n(C)n(-c4ccccc4)c3=O)c2cc1Cl. The van der Waals surface area contributed by atoms with Crippen molar-refractivity contribution in [2.75, 3.05) is 0 Å². The first kappa shape index (κ1) is 22.2. The molecular formula is C23H19ClN6O3S. The van der Waals surface area contributed by atoms with Gasteiger partial charge in [0.05, 0.1) is 11.4 Å². The van der Waals surface area contributed by atoms with E-state index in [1.807, 2.05) is 51.2 Å². The fourth-order valence-corrected chi connectivity index (χ4v) is 4.85. The standard InChI is InChI=1S/C23H19ClN6O3S/c1-13-9-19-17(11-18(13)24)15(10-20(31)33-19)12-34-23-25-26-27-29(23)21-14(2)28(3)30(22(21)32)16-7-5-4-6-8-16/h4-11H,12H2,1-3H3. The van der Waals surface area contributed by atoms with Crippen LogP contribution in [-0.4, -0.2) is 29.6 Å². The molecule has 0 aliphatic carbocycles. The molecule has 0 spiro atoms. The highest BCUT2D eigenvalue weighted by atomic mass is 35.5. The van der Waals surface area contributed by atoms with Gasteiger partial charge >= 0.3 is 5.63 Å². The molecule has 0 N–H and O–H groups in total. The number of rotatable bonds is 5. The number of nitrogens with zero attached hydrogens (tertiary/aromatic N) is 6. The third kappa shape index (κ3) is 3.74. The Morgan fingerprint density at radius 2 is 1.85 bits per heavy atom. The normalized spacial score (nSPS) is 11.4. The lowest BCUT2D eigenvalue weighted by Gasteiger charge is -2.07. The summed E-state index contributed by atoms with van der Waals surface area (Å²) in [4.78, 5) is 25.5. The van der Waals surface area contributed by atoms with E-state index >= 15 is 0 Å². The molecular weight excluding hydrogens is 476 g/mol. The maximum Gasteiger partial charge on any atom is 0.336 e. The van der Waals surface area contributed by atoms with E-state index in [9.17, 15) is 9.59 Å². The van der Waals surface area contributed by atoms with Crippen LogP contribution in [-0.2, 0) is 12.8 Å². The third-order valence-electron chi connectivity index (χ3n) is 5.64. The number of tetrazole rings is 1. The van der Waals surface area contributed by atoms with Crippen molar-refractivity contribution in [3.05, 3.63) is 91.1 Å². The van der Waals surface area contributed by atoms with Crippen molar-refractivity contribution in [1.29, 1.82) is 0 Å². The molecule has 3 heterocycles. The van der Waals surface area contributed by atoms with Crippen molar-refractivity contribution in [2.45, 2.75) is 24.8 Å². The van der Waals surface area contributed by atoms with Crippen LogP contribution in [0.3, 0.4) is 0 Å². The molecule has 0 radical (unpaired) electrons. The molecule has 0 amide bonds. The minimum atomic E-state index is -0.450. The molecule has 3 aromatic heterocycles. The van der Waals surface area contributed by atoms with E-state index in [4.69, 9.17) is 16.0 Å². The summed E-state index contributed by atoms with van der Waals surface area (Å²) in [5.41, 5.74) is 3.13. The van der Waals surface area contributed by atoms with Crippen molar-refractivity contribution >= 4 is 34.3 Å². The number of aryl methyl sites for hydroxylation is 1. The highest BCUT2D eigenvalue weighted by molar-refractivity contribution is 7.98. The molecule has 0 fully saturated rings. The van der Waals surface area contributed by atoms with E-state index in [1.165, 1.54) is 22.5 Å². The van der Waals surface area contributed by atoms with Crippen molar-refractivity contribution in [3.63, 3.8) is 0 Å². The average molecular weight is 495 g/mol. The number of para-hydroxylation sites is 1. The van der Waals surface area contributed by atoms with Crippen molar-refractivity contribution in [3.8, 4) is 11.4 Å². The smallest absolute Gasteiger partial charge is 0.336 e. The van der Waals surface area contributed by atoms with Crippen molar-refractivity contribution < 1.29 is 4.42 Å². The summed E-state index contributed by atoms with van der Waals surface area (Å²) in [5.74, 6) is 0.376. The molecule has 172 valence electrons. The molecule has 9 nitrogen and oxygen atoms in total. The monoisotopic (exact) mass is 494 g/mol. The Bertz CT molecular complexity index is 1650. The summed E-state index contributed by atoms with van der Waals surface area (Å²) in [6.45, 7) is 3.69. The summed E-state index contributed by atoms with van der Waals surface area (Å²) in [5, 5.41) is 13.7. The lowest BCUT2D eigenvalue weighted by Crippen LogP contribution is -2.22. The van der Waals surface area contributed by atoms with Gasteiger partial charge in [0.25, 0.3) is 5.56 Å². The number of fused-ring (bicyclic) bond motifs is 1. The van der Waals surface area contributed by atoms with Crippen LogP contribution in [0, 0.1) is 13.8 Å². The predicted molar refractivity (Wildman–Crippen MR) is 130 cm³/mol. The van der Waals surface area contributed by atoms with Gasteiger partial charge in [0, 0.05) is 29.3 Å². The zero-order chi connectivity index (χ0) is 24.0. The predicted octanol–water partition coefficient (Wildman–Crippen LogP) is 3.82. The van der Waals surface area contributed by atoms with Crippen molar-refractivity contribution in [1.82, 2.24) is 29.6 Å². The van der Waals surface area contributed by atoms with Gasteiger partial charge in [0.15, 0.2) is 5.69 Å². The Hall–Kier alpha value is -3.63. The van der Waals surface area contributed by atoms with Gasteiger partial charge in [0.2, 0.25) is 5.16 Å². The lowest BCUT2D eigenvalue weighted by atomic mass is 10.1. The largest absolute Gasteiger partial charge is 0.423 e. The molecule has 5 rings (SSSR count). The molecule has 0 atom stereocenters. The summed E-state index contributed by atoms with van der Waals surface area (Å²) >= 11 is 7.61. The molecule has 5 aromatic rings. The topological polar surface area (TPSA) is 101 Å². The highest BCUT2D eigenvalue weighted by Gasteiger charge is 2.22. The van der Waals surface area contributed by atoms with Crippen LogP contribution in [0.2, 0.25) is 5.02 Å². The van der Waals surface area contributed by atoms with Crippen LogP contribution in [0.1, 0.15) is 16.8 Å². The summed E-state index contributed by atoms with van der Waals surface area (Å²) in [6, 6.07) is 14.3. The van der Waals surface area contributed by atoms with Gasteiger partial charge in [-0.15, -0.1) is 5.10 Å². The van der Waals surface area contributed by atoms with E-state index in [-0.39, 0.29) is 5.56 Å². The maximum atomic E-state index is 13.4. The summed E-state index contributed by atoms with van der Waals surface area (Å²) in [7, 11) is 1.81. The Labute approximate surface area is 202 Å². The molecule has 0 saturated carbocycles. The maximum absolute atomic E-state index is 13.4. The molecule has 2 aromatic carbocycles. The highest BCUT2D eigenvalue weighted by Crippen LogP contribution is 2.29. The van der Waals surface area contributed by atoms with Gasteiger partial charge < -0.3 is 4.42 Å². The van der Waals surface area contributed by atoms with Crippen molar-refractivity contribution in [2.24, 2.45) is 7.05 Å². The fraction of sp³-hybridized carbons (Fsp3) is 0.174. The average Bonchev–Trinajstić information content (AvgIpc) is 3.35. The van der Waals surface area contributed by atoms with E-state index in [0.717, 1.165) is 22.2 Å². The third-order valence-corrected chi connectivity index (χ3v) is 7.02. The Kier molecular flexibility index (Phi) is 5.62. The molecule has 34 heavy (non-hydrogen) atoms. The van der Waals surface area contributed by atoms with Crippen LogP contribution in [0.5, 0.6) is 0 Å². The summed E-state index contributed by atoms with van der Waals surface area (Å²) in [6.07, 6.45) is 0. The summed E-state index contributed by atoms with van der Waals surface area (Å²) < 4.78 is 10.1. The molecule has 0 unspecified atom stereocenters. The van der Waals surface area contributed by atoms with E-state index in [0.29, 0.717) is 32.9 Å². The van der Waals surface area contributed by atoms with Gasteiger partial charge in [-0.05, 0) is 59.7 Å². The number of benzene rings is 2. The van der Waals surface area contributed by atoms with Gasteiger partial charge in [-0.25, -0.2) is 9.48 Å². The van der Waals surface area contributed by atoms with Crippen LogP contribution in [0.25, 0.3) is 22.3 Å². The van der Waals surface area contributed by atoms with Crippen LogP contribution in [0.15, 0.2) is 67.7 Å². The van der Waals surface area contributed by atoms with E-state index in [1.54, 1.807) is 21.5 Å². The second kappa shape index (κ2) is 8.62. The first-order valence-electron chi connectivity index (χ1n) is 10.3. The fourth-order valence-electron chi connectivity index (χ4n) is 3.82. The number of thioether (sulfide) groups is 1. The molecule has 0 bridgehead atoms. The van der Waals surface area contributed by atoms with Crippen LogP contribution >= 0.6 is 23.4 Å². The minimum Gasteiger partial charge on any atom is -0.423 e. The van der Waals surface area contributed by atoms with Gasteiger partial charge in [-0.2, -0.15) is 4.68 Å². The molecule has 0 aliphatic heterocycles. The van der Waals surface area contributed by atoms with E-state index < -0.39 is 5.63 Å². The van der Waals surface area contributed by atoms with Gasteiger partial charge in [-0.1, -0.05) is 41.6 Å². The first-order valence-corrected chi connectivity index (χ1v) is 11.7. The number of halogens is 1. The quantitative estimate of drug-likeness (QED) is 0.270. The lowest BCUT2D eigenvalue weighted by molar-refractivity contribution is 0.559. The second-order valence-corrected chi connectivity index (χ2v) is 9.11. The number of hydrogen-bond donors (Lipinski definition) is 0. The second-order valence-electron chi connectivity index (χ2n) is 7.76. The van der Waals surface area contributed by atoms with Gasteiger partial charge in [-0.3, -0.25) is 9.48 Å². The molecule has 0 aliphatic rings. The van der Waals surface area contributed by atoms with Crippen LogP contribution in [0.4, 0.5) is 0 Å². The number of hydrogen-bond acceptors (Lipinski definition) is 7. The van der Waals surface area contributed by atoms with Crippen LogP contribution < -0.4 is 11.2 Å². The zero-order valence-corrected chi connectivity index (χ0v) is 20.1. The van der Waals surface area contributed by atoms with Gasteiger partial charge in [0.1, 0.15) is 5.58 Å². The Morgan fingerprint density at radius 3 is 2.62 bits per heavy atom. The zero-order valence-electron chi connectivity index (χ0n) is 18.5. The van der Waals surface area contributed by atoms with E-state index in [2.05, 4.69) is 15.5 Å². The Balaban J connectivity index is 1.54. The first-order chi connectivity index (χ1) is 16.3. The number of aromatic nitrogens is 6.